The van der Waals surface area contributed by atoms with Crippen LogP contribution in [0.3, 0.4) is 0 Å². The van der Waals surface area contributed by atoms with Crippen LogP contribution in [0, 0.1) is 5.92 Å². The Kier molecular flexibility index (Phi) is 6.45. The molecular weight excluding hydrogens is 212 g/mol. The van der Waals surface area contributed by atoms with Gasteiger partial charge in [0.25, 0.3) is 0 Å². The molecule has 1 aliphatic heterocycles. The number of rotatable bonds is 6. The lowest BCUT2D eigenvalue weighted by atomic mass is 9.95. The summed E-state index contributed by atoms with van der Waals surface area (Å²) in [4.78, 5) is 2.68. The van der Waals surface area contributed by atoms with E-state index in [1.54, 1.807) is 0 Å². The Morgan fingerprint density at radius 3 is 2.53 bits per heavy atom. The highest BCUT2D eigenvalue weighted by Crippen LogP contribution is 2.20. The molecule has 0 aromatic rings. The van der Waals surface area contributed by atoms with Crippen LogP contribution >= 0.6 is 0 Å². The Labute approximate surface area is 107 Å². The van der Waals surface area contributed by atoms with Gasteiger partial charge in [-0.25, -0.2) is 0 Å². The molecule has 3 heteroatoms. The van der Waals surface area contributed by atoms with Crippen LogP contribution in [0.2, 0.25) is 0 Å². The van der Waals surface area contributed by atoms with Crippen molar-refractivity contribution in [2.45, 2.75) is 58.7 Å². The van der Waals surface area contributed by atoms with Crippen molar-refractivity contribution in [2.75, 3.05) is 26.8 Å². The second-order valence-electron chi connectivity index (χ2n) is 5.54. The molecule has 0 aromatic heterocycles. The summed E-state index contributed by atoms with van der Waals surface area (Å²) < 4.78 is 5.38. The molecule has 0 aromatic carbocycles. The Hall–Kier alpha value is -0.120. The molecule has 1 rings (SSSR count). The maximum atomic E-state index is 5.38. The van der Waals surface area contributed by atoms with Crippen molar-refractivity contribution < 1.29 is 4.74 Å². The molecule has 1 heterocycles. The summed E-state index contributed by atoms with van der Waals surface area (Å²) in [6.07, 6.45) is 2.39. The third-order valence-corrected chi connectivity index (χ3v) is 4.03. The highest BCUT2D eigenvalue weighted by molar-refractivity contribution is 4.90. The van der Waals surface area contributed by atoms with Crippen LogP contribution in [0.4, 0.5) is 0 Å². The predicted octanol–water partition coefficient (Wildman–Crippen LogP) is 2.12. The van der Waals surface area contributed by atoms with Gasteiger partial charge in [-0.3, -0.25) is 4.90 Å². The Morgan fingerprint density at radius 1 is 1.35 bits per heavy atom. The smallest absolute Gasteiger partial charge is 0.0618 e. The first-order valence-electron chi connectivity index (χ1n) is 7.12. The number of nitrogens with one attached hydrogen (secondary N) is 1. The van der Waals surface area contributed by atoms with Crippen LogP contribution in [0.25, 0.3) is 0 Å². The summed E-state index contributed by atoms with van der Waals surface area (Å²) in [5.41, 5.74) is 0. The molecule has 1 saturated heterocycles. The minimum Gasteiger partial charge on any atom is -0.383 e. The molecule has 0 spiro atoms. The van der Waals surface area contributed by atoms with E-state index in [0.717, 1.165) is 13.2 Å². The van der Waals surface area contributed by atoms with Gasteiger partial charge in [0, 0.05) is 38.3 Å². The number of hydrogen-bond donors (Lipinski definition) is 1. The predicted molar refractivity (Wildman–Crippen MR) is 73.4 cm³/mol. The van der Waals surface area contributed by atoms with Gasteiger partial charge in [0.1, 0.15) is 0 Å². The summed E-state index contributed by atoms with van der Waals surface area (Å²) in [5, 5.41) is 3.67. The minimum absolute atomic E-state index is 0.573. The van der Waals surface area contributed by atoms with Gasteiger partial charge in [0.05, 0.1) is 6.61 Å². The van der Waals surface area contributed by atoms with Crippen LogP contribution in [0.1, 0.15) is 40.5 Å². The SMILES string of the molecule is CCC1CN(C(CC)COC)C(C(C)C)CN1. The van der Waals surface area contributed by atoms with E-state index in [4.69, 9.17) is 4.74 Å². The van der Waals surface area contributed by atoms with Crippen molar-refractivity contribution in [1.82, 2.24) is 10.2 Å². The molecular formula is C14H30N2O. The van der Waals surface area contributed by atoms with Crippen molar-refractivity contribution in [3.05, 3.63) is 0 Å². The molecule has 0 bridgehead atoms. The molecule has 3 atom stereocenters. The van der Waals surface area contributed by atoms with Crippen LogP contribution in [0.5, 0.6) is 0 Å². The second-order valence-corrected chi connectivity index (χ2v) is 5.54. The lowest BCUT2D eigenvalue weighted by Gasteiger charge is -2.46. The fraction of sp³-hybridized carbons (Fsp3) is 1.00. The van der Waals surface area contributed by atoms with Crippen molar-refractivity contribution in [3.63, 3.8) is 0 Å². The first-order valence-corrected chi connectivity index (χ1v) is 7.12. The van der Waals surface area contributed by atoms with E-state index < -0.39 is 0 Å². The molecule has 3 nitrogen and oxygen atoms in total. The molecule has 0 amide bonds. The number of hydrogen-bond acceptors (Lipinski definition) is 3. The highest BCUT2D eigenvalue weighted by Gasteiger charge is 2.32. The summed E-state index contributed by atoms with van der Waals surface area (Å²) >= 11 is 0. The zero-order valence-electron chi connectivity index (χ0n) is 12.2. The van der Waals surface area contributed by atoms with Crippen LogP contribution in [0.15, 0.2) is 0 Å². The van der Waals surface area contributed by atoms with Crippen LogP contribution < -0.4 is 5.32 Å². The molecule has 17 heavy (non-hydrogen) atoms. The highest BCUT2D eigenvalue weighted by atomic mass is 16.5. The average molecular weight is 242 g/mol. The van der Waals surface area contributed by atoms with E-state index in [-0.39, 0.29) is 0 Å². The molecule has 0 saturated carbocycles. The maximum absolute atomic E-state index is 5.38. The van der Waals surface area contributed by atoms with Crippen LogP contribution in [-0.2, 0) is 4.74 Å². The average Bonchev–Trinajstić information content (AvgIpc) is 2.35. The van der Waals surface area contributed by atoms with Gasteiger partial charge in [0.2, 0.25) is 0 Å². The fourth-order valence-electron chi connectivity index (χ4n) is 2.81. The third-order valence-electron chi connectivity index (χ3n) is 4.03. The monoisotopic (exact) mass is 242 g/mol. The van der Waals surface area contributed by atoms with Crippen LogP contribution in [-0.4, -0.2) is 49.8 Å². The number of methoxy groups -OCH3 is 1. The van der Waals surface area contributed by atoms with E-state index in [9.17, 15) is 0 Å². The first kappa shape index (κ1) is 14.9. The molecule has 0 radical (unpaired) electrons. The quantitative estimate of drug-likeness (QED) is 0.772. The minimum atomic E-state index is 0.573. The topological polar surface area (TPSA) is 24.5 Å². The second kappa shape index (κ2) is 7.34. The normalized spacial score (nSPS) is 28.6. The Morgan fingerprint density at radius 2 is 2.06 bits per heavy atom. The van der Waals surface area contributed by atoms with Gasteiger partial charge in [-0.05, 0) is 18.8 Å². The number of piperazine rings is 1. The summed E-state index contributed by atoms with van der Waals surface area (Å²) in [6.45, 7) is 12.3. The summed E-state index contributed by atoms with van der Waals surface area (Å²) in [7, 11) is 1.81. The Bertz CT molecular complexity index is 208. The van der Waals surface area contributed by atoms with Gasteiger partial charge < -0.3 is 10.1 Å². The van der Waals surface area contributed by atoms with E-state index >= 15 is 0 Å². The van der Waals surface area contributed by atoms with Gasteiger partial charge in [-0.15, -0.1) is 0 Å². The summed E-state index contributed by atoms with van der Waals surface area (Å²) in [6, 6.07) is 1.87. The van der Waals surface area contributed by atoms with E-state index in [1.165, 1.54) is 19.4 Å². The molecule has 102 valence electrons. The van der Waals surface area contributed by atoms with E-state index in [0.29, 0.717) is 24.0 Å². The van der Waals surface area contributed by atoms with Crippen molar-refractivity contribution in [2.24, 2.45) is 5.92 Å². The lowest BCUT2D eigenvalue weighted by Crippen LogP contribution is -2.61. The lowest BCUT2D eigenvalue weighted by molar-refractivity contribution is 0.0146. The number of nitrogens with zero attached hydrogens (tertiary/aromatic N) is 1. The first-order chi connectivity index (χ1) is 8.13. The van der Waals surface area contributed by atoms with Gasteiger partial charge in [-0.2, -0.15) is 0 Å². The maximum Gasteiger partial charge on any atom is 0.0618 e. The molecule has 1 fully saturated rings. The van der Waals surface area contributed by atoms with Gasteiger partial charge in [0.15, 0.2) is 0 Å². The zero-order chi connectivity index (χ0) is 12.8. The fourth-order valence-corrected chi connectivity index (χ4v) is 2.81. The van der Waals surface area contributed by atoms with Gasteiger partial charge >= 0.3 is 0 Å². The number of ether oxygens (including phenoxy) is 1. The molecule has 1 N–H and O–H groups in total. The van der Waals surface area contributed by atoms with E-state index in [2.05, 4.69) is 37.9 Å². The largest absolute Gasteiger partial charge is 0.383 e. The molecule has 1 aliphatic rings. The zero-order valence-corrected chi connectivity index (χ0v) is 12.2. The standard InChI is InChI=1S/C14H30N2O/c1-6-12-9-16(13(7-2)10-17-5)14(8-15-12)11(3)4/h11-15H,6-10H2,1-5H3. The van der Waals surface area contributed by atoms with Crippen molar-refractivity contribution in [3.8, 4) is 0 Å². The van der Waals surface area contributed by atoms with Crippen molar-refractivity contribution >= 4 is 0 Å². The molecule has 3 unspecified atom stereocenters. The van der Waals surface area contributed by atoms with Gasteiger partial charge in [-0.1, -0.05) is 27.7 Å². The summed E-state index contributed by atoms with van der Waals surface area (Å²) in [5.74, 6) is 0.700. The Balaban J connectivity index is 2.71. The molecule has 0 aliphatic carbocycles. The van der Waals surface area contributed by atoms with Crippen molar-refractivity contribution in [1.29, 1.82) is 0 Å². The van der Waals surface area contributed by atoms with E-state index in [1.807, 2.05) is 7.11 Å². The third kappa shape index (κ3) is 3.94.